The number of carbonyl (C=O) groups excluding carboxylic acids is 1. The summed E-state index contributed by atoms with van der Waals surface area (Å²) < 4.78 is 0. The van der Waals surface area contributed by atoms with Gasteiger partial charge >= 0.3 is 0 Å². The molecular weight excluding hydrogens is 218 g/mol. The smallest absolute Gasteiger partial charge is 0.220 e. The zero-order valence-electron chi connectivity index (χ0n) is 10.3. The predicted molar refractivity (Wildman–Crippen MR) is 64.9 cm³/mol. The number of aromatic nitrogens is 3. The van der Waals surface area contributed by atoms with E-state index in [2.05, 4.69) is 27.4 Å². The highest BCUT2D eigenvalue weighted by atomic mass is 16.1. The topological polar surface area (TPSA) is 96.7 Å². The highest BCUT2D eigenvalue weighted by molar-refractivity contribution is 5.75. The van der Waals surface area contributed by atoms with Crippen LogP contribution < -0.4 is 11.1 Å². The molecule has 1 rings (SSSR count). The number of carbonyl (C=O) groups is 1. The second-order valence-electron chi connectivity index (χ2n) is 4.10. The molecule has 1 amide bonds. The first-order valence-electron chi connectivity index (χ1n) is 6.07. The van der Waals surface area contributed by atoms with Gasteiger partial charge < -0.3 is 11.1 Å². The van der Waals surface area contributed by atoms with E-state index in [9.17, 15) is 4.79 Å². The van der Waals surface area contributed by atoms with Gasteiger partial charge in [0.1, 0.15) is 12.2 Å². The number of nitrogens with one attached hydrogen (secondary N) is 2. The molecule has 17 heavy (non-hydrogen) atoms. The monoisotopic (exact) mass is 239 g/mol. The Morgan fingerprint density at radius 2 is 2.41 bits per heavy atom. The number of hydrogen-bond donors (Lipinski definition) is 3. The molecule has 0 aromatic carbocycles. The Labute approximate surface area is 101 Å². The van der Waals surface area contributed by atoms with E-state index in [1.54, 1.807) is 0 Å². The first-order chi connectivity index (χ1) is 8.26. The molecular formula is C11H21N5O. The SMILES string of the molecule is CCC(CCN)CCC(=O)NCc1ncn[nH]1. The van der Waals surface area contributed by atoms with Crippen molar-refractivity contribution in [2.75, 3.05) is 6.54 Å². The van der Waals surface area contributed by atoms with Crippen molar-refractivity contribution in [3.05, 3.63) is 12.2 Å². The van der Waals surface area contributed by atoms with Crippen LogP contribution in [0.4, 0.5) is 0 Å². The fourth-order valence-electron chi connectivity index (χ4n) is 1.71. The fraction of sp³-hybridized carbons (Fsp3) is 0.727. The van der Waals surface area contributed by atoms with Gasteiger partial charge in [0, 0.05) is 6.42 Å². The van der Waals surface area contributed by atoms with Crippen molar-refractivity contribution in [2.24, 2.45) is 11.7 Å². The number of amides is 1. The van der Waals surface area contributed by atoms with Crippen molar-refractivity contribution in [3.8, 4) is 0 Å². The van der Waals surface area contributed by atoms with Crippen LogP contribution in [0.3, 0.4) is 0 Å². The lowest BCUT2D eigenvalue weighted by molar-refractivity contribution is -0.121. The van der Waals surface area contributed by atoms with Gasteiger partial charge in [0.15, 0.2) is 0 Å². The summed E-state index contributed by atoms with van der Waals surface area (Å²) in [4.78, 5) is 15.5. The summed E-state index contributed by atoms with van der Waals surface area (Å²) in [5, 5.41) is 9.21. The molecule has 0 saturated heterocycles. The molecule has 1 aromatic rings. The van der Waals surface area contributed by atoms with Crippen LogP contribution >= 0.6 is 0 Å². The Balaban J connectivity index is 2.16. The Morgan fingerprint density at radius 1 is 1.59 bits per heavy atom. The van der Waals surface area contributed by atoms with E-state index in [1.807, 2.05) is 0 Å². The van der Waals surface area contributed by atoms with E-state index in [4.69, 9.17) is 5.73 Å². The van der Waals surface area contributed by atoms with Gasteiger partial charge in [0.2, 0.25) is 5.91 Å². The molecule has 0 aliphatic heterocycles. The quantitative estimate of drug-likeness (QED) is 0.618. The van der Waals surface area contributed by atoms with Gasteiger partial charge in [-0.1, -0.05) is 13.3 Å². The van der Waals surface area contributed by atoms with E-state index in [1.165, 1.54) is 6.33 Å². The van der Waals surface area contributed by atoms with Gasteiger partial charge in [-0.15, -0.1) is 0 Å². The number of aromatic amines is 1. The van der Waals surface area contributed by atoms with Crippen molar-refractivity contribution in [1.82, 2.24) is 20.5 Å². The van der Waals surface area contributed by atoms with E-state index in [0.29, 0.717) is 31.3 Å². The minimum Gasteiger partial charge on any atom is -0.349 e. The Morgan fingerprint density at radius 3 is 3.00 bits per heavy atom. The number of nitrogens with zero attached hydrogens (tertiary/aromatic N) is 2. The number of H-pyrrole nitrogens is 1. The molecule has 6 nitrogen and oxygen atoms in total. The Bertz CT molecular complexity index is 312. The van der Waals surface area contributed by atoms with Gasteiger partial charge in [0.25, 0.3) is 0 Å². The lowest BCUT2D eigenvalue weighted by Gasteiger charge is -2.12. The van der Waals surface area contributed by atoms with E-state index >= 15 is 0 Å². The van der Waals surface area contributed by atoms with E-state index in [-0.39, 0.29) is 5.91 Å². The maximum Gasteiger partial charge on any atom is 0.220 e. The highest BCUT2D eigenvalue weighted by Crippen LogP contribution is 2.14. The first-order valence-corrected chi connectivity index (χ1v) is 6.07. The normalized spacial score (nSPS) is 12.4. The van der Waals surface area contributed by atoms with Gasteiger partial charge in [-0.3, -0.25) is 9.89 Å². The van der Waals surface area contributed by atoms with Gasteiger partial charge in [-0.25, -0.2) is 4.98 Å². The lowest BCUT2D eigenvalue weighted by Crippen LogP contribution is -2.24. The zero-order chi connectivity index (χ0) is 12.5. The average Bonchev–Trinajstić information content (AvgIpc) is 2.85. The lowest BCUT2D eigenvalue weighted by atomic mass is 9.96. The highest BCUT2D eigenvalue weighted by Gasteiger charge is 2.09. The maximum atomic E-state index is 11.6. The number of rotatable bonds is 8. The van der Waals surface area contributed by atoms with Crippen LogP contribution in [-0.4, -0.2) is 27.6 Å². The second-order valence-corrected chi connectivity index (χ2v) is 4.10. The third kappa shape index (κ3) is 5.44. The van der Waals surface area contributed by atoms with Crippen LogP contribution in [0.2, 0.25) is 0 Å². The summed E-state index contributed by atoms with van der Waals surface area (Å²) in [7, 11) is 0. The first kappa shape index (κ1) is 13.6. The molecule has 4 N–H and O–H groups in total. The van der Waals surface area contributed by atoms with Crippen LogP contribution in [0.1, 0.15) is 38.4 Å². The summed E-state index contributed by atoms with van der Waals surface area (Å²) in [5.74, 6) is 1.28. The third-order valence-electron chi connectivity index (χ3n) is 2.85. The summed E-state index contributed by atoms with van der Waals surface area (Å²) in [6.45, 7) is 3.23. The maximum absolute atomic E-state index is 11.6. The molecule has 1 atom stereocenters. The molecule has 96 valence electrons. The summed E-state index contributed by atoms with van der Waals surface area (Å²) in [6, 6.07) is 0. The average molecular weight is 239 g/mol. The van der Waals surface area contributed by atoms with E-state index < -0.39 is 0 Å². The van der Waals surface area contributed by atoms with E-state index in [0.717, 1.165) is 19.3 Å². The summed E-state index contributed by atoms with van der Waals surface area (Å²) in [5.41, 5.74) is 5.51. The van der Waals surface area contributed by atoms with Gasteiger partial charge in [-0.2, -0.15) is 5.10 Å². The predicted octanol–water partition coefficient (Wildman–Crippen LogP) is 0.576. The van der Waals surface area contributed by atoms with Crippen LogP contribution in [-0.2, 0) is 11.3 Å². The molecule has 0 bridgehead atoms. The van der Waals surface area contributed by atoms with Crippen molar-refractivity contribution < 1.29 is 4.79 Å². The minimum atomic E-state index is 0.0527. The molecule has 0 aliphatic carbocycles. The standard InChI is InChI=1S/C11H21N5O/c1-2-9(5-6-12)3-4-11(17)13-7-10-14-8-15-16-10/h8-9H,2-7,12H2,1H3,(H,13,17)(H,14,15,16). The van der Waals surface area contributed by atoms with Crippen molar-refractivity contribution in [1.29, 1.82) is 0 Å². The number of hydrogen-bond acceptors (Lipinski definition) is 4. The largest absolute Gasteiger partial charge is 0.349 e. The molecule has 6 heteroatoms. The Hall–Kier alpha value is -1.43. The summed E-state index contributed by atoms with van der Waals surface area (Å²) in [6.07, 6.45) is 4.94. The van der Waals surface area contributed by atoms with Crippen LogP contribution in [0.25, 0.3) is 0 Å². The molecule has 0 radical (unpaired) electrons. The van der Waals surface area contributed by atoms with Crippen molar-refractivity contribution in [3.63, 3.8) is 0 Å². The van der Waals surface area contributed by atoms with Crippen molar-refractivity contribution >= 4 is 5.91 Å². The Kier molecular flexibility index (Phi) is 6.24. The molecule has 1 heterocycles. The fourth-order valence-corrected chi connectivity index (χ4v) is 1.71. The van der Waals surface area contributed by atoms with Crippen LogP contribution in [0, 0.1) is 5.92 Å². The molecule has 0 fully saturated rings. The molecule has 0 aliphatic rings. The molecule has 0 spiro atoms. The van der Waals surface area contributed by atoms with Crippen LogP contribution in [0.15, 0.2) is 6.33 Å². The second kappa shape index (κ2) is 7.78. The van der Waals surface area contributed by atoms with Crippen LogP contribution in [0.5, 0.6) is 0 Å². The zero-order valence-corrected chi connectivity index (χ0v) is 10.3. The van der Waals surface area contributed by atoms with Crippen molar-refractivity contribution in [2.45, 2.75) is 39.2 Å². The minimum absolute atomic E-state index is 0.0527. The molecule has 1 aromatic heterocycles. The molecule has 1 unspecified atom stereocenters. The van der Waals surface area contributed by atoms with Gasteiger partial charge in [0.05, 0.1) is 6.54 Å². The van der Waals surface area contributed by atoms with Gasteiger partial charge in [-0.05, 0) is 25.3 Å². The number of nitrogens with two attached hydrogens (primary N) is 1. The summed E-state index contributed by atoms with van der Waals surface area (Å²) >= 11 is 0. The molecule has 0 saturated carbocycles. The third-order valence-corrected chi connectivity index (χ3v) is 2.85.